The first-order chi connectivity index (χ1) is 10.2. The Labute approximate surface area is 125 Å². The van der Waals surface area contributed by atoms with Gasteiger partial charge in [-0.1, -0.05) is 30.3 Å². The highest BCUT2D eigenvalue weighted by molar-refractivity contribution is 5.72. The number of fused-ring (bicyclic) bond motifs is 1. The van der Waals surface area contributed by atoms with E-state index in [9.17, 15) is 0 Å². The van der Waals surface area contributed by atoms with Crippen molar-refractivity contribution in [3.05, 3.63) is 65.0 Å². The summed E-state index contributed by atoms with van der Waals surface area (Å²) in [5.74, 6) is 0.776. The fraction of sp³-hybridized carbons (Fsp3) is 0.278. The molecule has 0 saturated carbocycles. The van der Waals surface area contributed by atoms with E-state index in [1.165, 1.54) is 16.7 Å². The lowest BCUT2D eigenvalue weighted by Gasteiger charge is -2.19. The first-order valence-electron chi connectivity index (χ1n) is 7.27. The second-order valence-electron chi connectivity index (χ2n) is 5.43. The predicted octanol–water partition coefficient (Wildman–Crippen LogP) is 3.95. The van der Waals surface area contributed by atoms with Gasteiger partial charge in [0, 0.05) is 12.5 Å². The molecule has 0 fully saturated rings. The Morgan fingerprint density at radius 3 is 2.43 bits per heavy atom. The van der Waals surface area contributed by atoms with E-state index < -0.39 is 0 Å². The molecular formula is C18H20N2O. The number of aryl methyl sites for hydroxylation is 2. The molecule has 108 valence electrons. The lowest BCUT2D eigenvalue weighted by molar-refractivity contribution is 0.472. The Morgan fingerprint density at radius 1 is 1.05 bits per heavy atom. The molecule has 1 heterocycles. The quantitative estimate of drug-likeness (QED) is 0.786. The van der Waals surface area contributed by atoms with Crippen molar-refractivity contribution in [1.29, 1.82) is 0 Å². The van der Waals surface area contributed by atoms with Crippen LogP contribution in [0.5, 0.6) is 0 Å². The SMILES string of the molecule is CNC(Cc1nc2ccccc2o1)c1c(C)cccc1C. The van der Waals surface area contributed by atoms with Gasteiger partial charge in [0.1, 0.15) is 5.52 Å². The number of likely N-dealkylation sites (N-methyl/N-ethyl adjacent to an activating group) is 1. The highest BCUT2D eigenvalue weighted by atomic mass is 16.3. The minimum atomic E-state index is 0.208. The summed E-state index contributed by atoms with van der Waals surface area (Å²) < 4.78 is 5.85. The summed E-state index contributed by atoms with van der Waals surface area (Å²) in [6, 6.07) is 14.5. The number of oxazole rings is 1. The third kappa shape index (κ3) is 2.69. The molecule has 0 spiro atoms. The van der Waals surface area contributed by atoms with E-state index in [0.29, 0.717) is 0 Å². The van der Waals surface area contributed by atoms with Crippen LogP contribution in [0.1, 0.15) is 28.6 Å². The van der Waals surface area contributed by atoms with Crippen LogP contribution in [-0.2, 0) is 6.42 Å². The molecule has 0 aliphatic rings. The predicted molar refractivity (Wildman–Crippen MR) is 85.4 cm³/mol. The molecule has 1 aromatic heterocycles. The van der Waals surface area contributed by atoms with Crippen molar-refractivity contribution in [1.82, 2.24) is 10.3 Å². The van der Waals surface area contributed by atoms with Gasteiger partial charge in [-0.2, -0.15) is 0 Å². The van der Waals surface area contributed by atoms with Crippen molar-refractivity contribution in [2.24, 2.45) is 0 Å². The van der Waals surface area contributed by atoms with Crippen LogP contribution in [0.25, 0.3) is 11.1 Å². The van der Waals surface area contributed by atoms with E-state index >= 15 is 0 Å². The fourth-order valence-electron chi connectivity index (χ4n) is 2.91. The van der Waals surface area contributed by atoms with Crippen LogP contribution in [0.2, 0.25) is 0 Å². The van der Waals surface area contributed by atoms with Gasteiger partial charge in [-0.05, 0) is 49.7 Å². The second kappa shape index (κ2) is 5.70. The van der Waals surface area contributed by atoms with Gasteiger partial charge in [-0.3, -0.25) is 0 Å². The summed E-state index contributed by atoms with van der Waals surface area (Å²) in [7, 11) is 1.99. The number of hydrogen-bond donors (Lipinski definition) is 1. The van der Waals surface area contributed by atoms with E-state index in [-0.39, 0.29) is 6.04 Å². The summed E-state index contributed by atoms with van der Waals surface area (Å²) in [5, 5.41) is 3.39. The third-order valence-electron chi connectivity index (χ3n) is 3.96. The maximum Gasteiger partial charge on any atom is 0.197 e. The number of benzene rings is 2. The Balaban J connectivity index is 1.94. The highest BCUT2D eigenvalue weighted by Gasteiger charge is 2.17. The van der Waals surface area contributed by atoms with Crippen molar-refractivity contribution in [2.45, 2.75) is 26.3 Å². The molecular weight excluding hydrogens is 260 g/mol. The number of para-hydroxylation sites is 2. The topological polar surface area (TPSA) is 38.1 Å². The monoisotopic (exact) mass is 280 g/mol. The van der Waals surface area contributed by atoms with Crippen LogP contribution in [-0.4, -0.2) is 12.0 Å². The average molecular weight is 280 g/mol. The minimum absolute atomic E-state index is 0.208. The maximum absolute atomic E-state index is 5.85. The number of hydrogen-bond acceptors (Lipinski definition) is 3. The first-order valence-corrected chi connectivity index (χ1v) is 7.27. The molecule has 0 bridgehead atoms. The maximum atomic E-state index is 5.85. The fourth-order valence-corrected chi connectivity index (χ4v) is 2.91. The summed E-state index contributed by atoms with van der Waals surface area (Å²) >= 11 is 0. The van der Waals surface area contributed by atoms with Gasteiger partial charge in [-0.25, -0.2) is 4.98 Å². The van der Waals surface area contributed by atoms with Gasteiger partial charge in [0.15, 0.2) is 11.5 Å². The molecule has 21 heavy (non-hydrogen) atoms. The lowest BCUT2D eigenvalue weighted by Crippen LogP contribution is -2.21. The zero-order valence-electron chi connectivity index (χ0n) is 12.7. The van der Waals surface area contributed by atoms with Gasteiger partial charge in [0.2, 0.25) is 0 Å². The standard InChI is InChI=1S/C18H20N2O/c1-12-7-6-8-13(2)18(12)15(19-3)11-17-20-14-9-4-5-10-16(14)21-17/h4-10,15,19H,11H2,1-3H3. The minimum Gasteiger partial charge on any atom is -0.441 e. The molecule has 3 heteroatoms. The largest absolute Gasteiger partial charge is 0.441 e. The molecule has 0 radical (unpaired) electrons. The Kier molecular flexibility index (Phi) is 3.76. The molecule has 3 aromatic rings. The molecule has 0 saturated heterocycles. The highest BCUT2D eigenvalue weighted by Crippen LogP contribution is 2.26. The van der Waals surface area contributed by atoms with Crippen LogP contribution in [0, 0.1) is 13.8 Å². The average Bonchev–Trinajstić information content (AvgIpc) is 2.88. The van der Waals surface area contributed by atoms with Crippen LogP contribution in [0.4, 0.5) is 0 Å². The van der Waals surface area contributed by atoms with Crippen LogP contribution in [0.3, 0.4) is 0 Å². The molecule has 0 amide bonds. The van der Waals surface area contributed by atoms with E-state index in [1.807, 2.05) is 31.3 Å². The summed E-state index contributed by atoms with van der Waals surface area (Å²) in [4.78, 5) is 4.58. The Hall–Kier alpha value is -2.13. The zero-order valence-corrected chi connectivity index (χ0v) is 12.7. The van der Waals surface area contributed by atoms with Crippen molar-refractivity contribution >= 4 is 11.1 Å². The Morgan fingerprint density at radius 2 is 1.76 bits per heavy atom. The van der Waals surface area contributed by atoms with Gasteiger partial charge < -0.3 is 9.73 Å². The molecule has 2 aromatic carbocycles. The van der Waals surface area contributed by atoms with E-state index in [0.717, 1.165) is 23.4 Å². The van der Waals surface area contributed by atoms with Crippen LogP contribution in [0.15, 0.2) is 46.9 Å². The zero-order chi connectivity index (χ0) is 14.8. The first kappa shape index (κ1) is 13.8. The van der Waals surface area contributed by atoms with Crippen molar-refractivity contribution < 1.29 is 4.42 Å². The van der Waals surface area contributed by atoms with Gasteiger partial charge in [-0.15, -0.1) is 0 Å². The van der Waals surface area contributed by atoms with Gasteiger partial charge in [0.05, 0.1) is 0 Å². The van der Waals surface area contributed by atoms with E-state index in [4.69, 9.17) is 4.42 Å². The van der Waals surface area contributed by atoms with E-state index in [1.54, 1.807) is 0 Å². The summed E-state index contributed by atoms with van der Waals surface area (Å²) in [5.41, 5.74) is 5.70. The smallest absolute Gasteiger partial charge is 0.197 e. The van der Waals surface area contributed by atoms with Gasteiger partial charge in [0.25, 0.3) is 0 Å². The number of nitrogens with zero attached hydrogens (tertiary/aromatic N) is 1. The molecule has 3 nitrogen and oxygen atoms in total. The second-order valence-corrected chi connectivity index (χ2v) is 5.43. The lowest BCUT2D eigenvalue weighted by atomic mass is 9.94. The van der Waals surface area contributed by atoms with Gasteiger partial charge >= 0.3 is 0 Å². The Bertz CT molecular complexity index is 708. The third-order valence-corrected chi connectivity index (χ3v) is 3.96. The van der Waals surface area contributed by atoms with Crippen LogP contribution >= 0.6 is 0 Å². The number of nitrogens with one attached hydrogen (secondary N) is 1. The molecule has 3 rings (SSSR count). The van der Waals surface area contributed by atoms with Crippen molar-refractivity contribution in [3.8, 4) is 0 Å². The number of rotatable bonds is 4. The molecule has 1 unspecified atom stereocenters. The molecule has 0 aliphatic carbocycles. The van der Waals surface area contributed by atoms with Crippen LogP contribution < -0.4 is 5.32 Å². The number of aromatic nitrogens is 1. The summed E-state index contributed by atoms with van der Waals surface area (Å²) in [6.07, 6.45) is 0.747. The van der Waals surface area contributed by atoms with Crippen molar-refractivity contribution in [2.75, 3.05) is 7.05 Å². The summed E-state index contributed by atoms with van der Waals surface area (Å²) in [6.45, 7) is 4.30. The van der Waals surface area contributed by atoms with E-state index in [2.05, 4.69) is 42.3 Å². The van der Waals surface area contributed by atoms with Crippen molar-refractivity contribution in [3.63, 3.8) is 0 Å². The molecule has 0 aliphatic heterocycles. The molecule has 1 N–H and O–H groups in total. The molecule has 1 atom stereocenters. The normalized spacial score (nSPS) is 12.7.